The van der Waals surface area contributed by atoms with E-state index in [2.05, 4.69) is 51.3 Å². The molecular weight excluding hydrogens is 230 g/mol. The Hall–Kier alpha value is -0.530. The van der Waals surface area contributed by atoms with Crippen LogP contribution in [0.3, 0.4) is 0 Å². The van der Waals surface area contributed by atoms with Gasteiger partial charge >= 0.3 is 0 Å². The van der Waals surface area contributed by atoms with Crippen LogP contribution in [0.25, 0.3) is 0 Å². The third-order valence-electron chi connectivity index (χ3n) is 4.75. The highest BCUT2D eigenvalue weighted by molar-refractivity contribution is 6.30. The van der Waals surface area contributed by atoms with Gasteiger partial charge in [0.25, 0.3) is 0 Å². The molecule has 0 aromatic heterocycles. The van der Waals surface area contributed by atoms with Crippen LogP contribution in [0, 0.1) is 11.3 Å². The van der Waals surface area contributed by atoms with Crippen LogP contribution in [0.15, 0.2) is 24.3 Å². The molecule has 0 aliphatic heterocycles. The number of benzene rings is 1. The first-order valence-electron chi connectivity index (χ1n) is 6.47. The predicted octanol–water partition coefficient (Wildman–Crippen LogP) is 4.08. The van der Waals surface area contributed by atoms with Gasteiger partial charge in [0, 0.05) is 11.1 Å². The summed E-state index contributed by atoms with van der Waals surface area (Å²) in [6.07, 6.45) is 1.19. The van der Waals surface area contributed by atoms with Gasteiger partial charge in [-0.15, -0.1) is 0 Å². The topological polar surface area (TPSA) is 12.0 Å². The first kappa shape index (κ1) is 12.9. The van der Waals surface area contributed by atoms with E-state index in [-0.39, 0.29) is 0 Å². The molecule has 1 aromatic carbocycles. The fourth-order valence-electron chi connectivity index (χ4n) is 3.89. The summed E-state index contributed by atoms with van der Waals surface area (Å²) in [6, 6.07) is 8.96. The molecule has 4 unspecified atom stereocenters. The van der Waals surface area contributed by atoms with Crippen molar-refractivity contribution in [2.45, 2.75) is 39.2 Å². The van der Waals surface area contributed by atoms with Gasteiger partial charge in [0.1, 0.15) is 0 Å². The second-order valence-corrected chi connectivity index (χ2v) is 5.95. The second-order valence-electron chi connectivity index (χ2n) is 5.52. The molecule has 1 aliphatic rings. The van der Waals surface area contributed by atoms with Crippen LogP contribution < -0.4 is 5.32 Å². The Morgan fingerprint density at radius 3 is 2.65 bits per heavy atom. The lowest BCUT2D eigenvalue weighted by Gasteiger charge is -2.59. The normalized spacial score (nSPS) is 36.6. The minimum absolute atomic E-state index is 0.346. The average molecular weight is 252 g/mol. The quantitative estimate of drug-likeness (QED) is 0.854. The van der Waals surface area contributed by atoms with Crippen LogP contribution in [-0.4, -0.2) is 13.1 Å². The summed E-state index contributed by atoms with van der Waals surface area (Å²) in [5.74, 6) is 1.28. The molecule has 1 saturated carbocycles. The van der Waals surface area contributed by atoms with Gasteiger partial charge in [0.15, 0.2) is 0 Å². The van der Waals surface area contributed by atoms with Crippen LogP contribution >= 0.6 is 11.6 Å². The Kier molecular flexibility index (Phi) is 3.51. The lowest BCUT2D eigenvalue weighted by atomic mass is 9.48. The molecular formula is C15H22ClN. The van der Waals surface area contributed by atoms with Gasteiger partial charge in [-0.2, -0.15) is 0 Å². The first-order chi connectivity index (χ1) is 8.04. The molecule has 1 aliphatic carbocycles. The van der Waals surface area contributed by atoms with Crippen molar-refractivity contribution in [3.05, 3.63) is 34.9 Å². The highest BCUT2D eigenvalue weighted by Crippen LogP contribution is 2.58. The van der Waals surface area contributed by atoms with Gasteiger partial charge in [0.05, 0.1) is 0 Å². The molecule has 1 aromatic rings. The summed E-state index contributed by atoms with van der Waals surface area (Å²) < 4.78 is 0. The zero-order chi connectivity index (χ0) is 12.6. The van der Waals surface area contributed by atoms with Crippen LogP contribution in [0.1, 0.15) is 38.7 Å². The number of halogens is 1. The van der Waals surface area contributed by atoms with E-state index in [1.54, 1.807) is 0 Å². The van der Waals surface area contributed by atoms with Crippen LogP contribution in [0.5, 0.6) is 0 Å². The molecule has 0 saturated heterocycles. The number of hydrogen-bond acceptors (Lipinski definition) is 1. The Morgan fingerprint density at radius 2 is 2.12 bits per heavy atom. The van der Waals surface area contributed by atoms with Gasteiger partial charge in [-0.25, -0.2) is 0 Å². The average Bonchev–Trinajstić information content (AvgIpc) is 2.29. The van der Waals surface area contributed by atoms with Crippen molar-refractivity contribution in [3.8, 4) is 0 Å². The molecule has 0 heterocycles. The maximum absolute atomic E-state index is 6.11. The molecule has 4 atom stereocenters. The van der Waals surface area contributed by atoms with Crippen molar-refractivity contribution in [2.24, 2.45) is 11.3 Å². The Morgan fingerprint density at radius 1 is 1.41 bits per heavy atom. The maximum atomic E-state index is 6.11. The Balaban J connectivity index is 2.33. The standard InChI is InChI=1S/C15H22ClN/c1-5-15(3)13(10(2)14(15)17-4)11-7-6-8-12(16)9-11/h6-10,13-14,17H,5H2,1-4H3. The fraction of sp³-hybridized carbons (Fsp3) is 0.600. The zero-order valence-corrected chi connectivity index (χ0v) is 11.9. The minimum Gasteiger partial charge on any atom is -0.316 e. The van der Waals surface area contributed by atoms with Gasteiger partial charge in [-0.3, -0.25) is 0 Å². The van der Waals surface area contributed by atoms with Crippen molar-refractivity contribution >= 4 is 11.6 Å². The molecule has 1 nitrogen and oxygen atoms in total. The monoisotopic (exact) mass is 251 g/mol. The van der Waals surface area contributed by atoms with E-state index in [0.717, 1.165) is 5.02 Å². The molecule has 0 radical (unpaired) electrons. The van der Waals surface area contributed by atoms with Crippen LogP contribution in [0.4, 0.5) is 0 Å². The molecule has 2 rings (SSSR count). The zero-order valence-electron chi connectivity index (χ0n) is 11.1. The first-order valence-corrected chi connectivity index (χ1v) is 6.85. The van der Waals surface area contributed by atoms with Gasteiger partial charge in [-0.1, -0.05) is 44.5 Å². The van der Waals surface area contributed by atoms with Crippen LogP contribution in [0.2, 0.25) is 5.02 Å². The number of nitrogens with one attached hydrogen (secondary N) is 1. The molecule has 0 spiro atoms. The van der Waals surface area contributed by atoms with Crippen molar-refractivity contribution in [1.29, 1.82) is 0 Å². The lowest BCUT2D eigenvalue weighted by Crippen LogP contribution is -2.61. The lowest BCUT2D eigenvalue weighted by molar-refractivity contribution is -0.0154. The fourth-order valence-corrected chi connectivity index (χ4v) is 4.08. The predicted molar refractivity (Wildman–Crippen MR) is 74.6 cm³/mol. The van der Waals surface area contributed by atoms with E-state index in [1.807, 2.05) is 6.07 Å². The second kappa shape index (κ2) is 4.62. The summed E-state index contributed by atoms with van der Waals surface area (Å²) >= 11 is 6.11. The molecule has 94 valence electrons. The number of hydrogen-bond donors (Lipinski definition) is 1. The van der Waals surface area contributed by atoms with Gasteiger partial charge < -0.3 is 5.32 Å². The van der Waals surface area contributed by atoms with Crippen molar-refractivity contribution < 1.29 is 0 Å². The summed E-state index contributed by atoms with van der Waals surface area (Å²) in [5.41, 5.74) is 1.74. The number of rotatable bonds is 3. The highest BCUT2D eigenvalue weighted by Gasteiger charge is 2.55. The van der Waals surface area contributed by atoms with E-state index in [4.69, 9.17) is 11.6 Å². The summed E-state index contributed by atoms with van der Waals surface area (Å²) in [5, 5.41) is 4.32. The smallest absolute Gasteiger partial charge is 0.0408 e. The molecule has 1 fully saturated rings. The SMILES string of the molecule is CCC1(C)C(NC)C(C)C1c1cccc(Cl)c1. The minimum atomic E-state index is 0.346. The Bertz CT molecular complexity index is 404. The van der Waals surface area contributed by atoms with Gasteiger partial charge in [0.2, 0.25) is 0 Å². The van der Waals surface area contributed by atoms with E-state index in [1.165, 1.54) is 12.0 Å². The summed E-state index contributed by atoms with van der Waals surface area (Å²) in [7, 11) is 2.07. The van der Waals surface area contributed by atoms with E-state index in [0.29, 0.717) is 23.3 Å². The molecule has 0 amide bonds. The molecule has 1 N–H and O–H groups in total. The third-order valence-corrected chi connectivity index (χ3v) is 4.99. The molecule has 2 heteroatoms. The van der Waals surface area contributed by atoms with E-state index >= 15 is 0 Å². The van der Waals surface area contributed by atoms with E-state index < -0.39 is 0 Å². The van der Waals surface area contributed by atoms with E-state index in [9.17, 15) is 0 Å². The highest BCUT2D eigenvalue weighted by atomic mass is 35.5. The summed E-state index contributed by atoms with van der Waals surface area (Å²) in [6.45, 7) is 7.01. The largest absolute Gasteiger partial charge is 0.316 e. The maximum Gasteiger partial charge on any atom is 0.0408 e. The third kappa shape index (κ3) is 1.90. The summed E-state index contributed by atoms with van der Waals surface area (Å²) in [4.78, 5) is 0. The molecule has 0 bridgehead atoms. The van der Waals surface area contributed by atoms with Crippen molar-refractivity contribution in [3.63, 3.8) is 0 Å². The van der Waals surface area contributed by atoms with Gasteiger partial charge in [-0.05, 0) is 48.4 Å². The van der Waals surface area contributed by atoms with Crippen LogP contribution in [-0.2, 0) is 0 Å². The van der Waals surface area contributed by atoms with Crippen molar-refractivity contribution in [1.82, 2.24) is 5.32 Å². The Labute approximate surface area is 110 Å². The molecule has 17 heavy (non-hydrogen) atoms. The van der Waals surface area contributed by atoms with Crippen molar-refractivity contribution in [2.75, 3.05) is 7.05 Å².